The number of alkyl carbamates (subject to hydrolysis) is 1. The smallest absolute Gasteiger partial charge is 0.407 e. The highest BCUT2D eigenvalue weighted by Crippen LogP contribution is 2.35. The number of ether oxygens (including phenoxy) is 1. The van der Waals surface area contributed by atoms with Gasteiger partial charge in [0, 0.05) is 47.1 Å². The van der Waals surface area contributed by atoms with E-state index in [4.69, 9.17) is 14.3 Å². The van der Waals surface area contributed by atoms with Crippen LogP contribution in [0, 0.1) is 12.7 Å². The number of aromatic nitrogens is 4. The van der Waals surface area contributed by atoms with Crippen molar-refractivity contribution in [3.63, 3.8) is 0 Å². The normalized spacial score (nSPS) is 13.4. The molecule has 0 saturated heterocycles. The van der Waals surface area contributed by atoms with E-state index in [1.165, 1.54) is 32.4 Å². The number of benzene rings is 1. The maximum absolute atomic E-state index is 15.1. The first-order valence-corrected chi connectivity index (χ1v) is 10.3. The van der Waals surface area contributed by atoms with Gasteiger partial charge < -0.3 is 15.4 Å². The summed E-state index contributed by atoms with van der Waals surface area (Å²) in [5.74, 6) is -0.460. The van der Waals surface area contributed by atoms with Crippen molar-refractivity contribution in [1.82, 2.24) is 25.1 Å². The molecule has 3 aromatic rings. The number of hydrogen-bond donors (Lipinski definition) is 2. The molecule has 1 aromatic carbocycles. The van der Waals surface area contributed by atoms with Gasteiger partial charge in [0.2, 0.25) is 5.95 Å². The van der Waals surface area contributed by atoms with Crippen molar-refractivity contribution in [3.05, 3.63) is 47.0 Å². The Morgan fingerprint density at radius 3 is 2.78 bits per heavy atom. The molecule has 2 N–H and O–H groups in total. The molecule has 0 radical (unpaired) electrons. The first-order chi connectivity index (χ1) is 15.9. The van der Waals surface area contributed by atoms with Crippen LogP contribution in [0.2, 0.25) is 5.02 Å². The highest BCUT2D eigenvalue weighted by Gasteiger charge is 2.20. The number of rotatable bonds is 7. The Kier molecular flexibility index (Phi) is 6.43. The second-order valence-corrected chi connectivity index (χ2v) is 7.88. The van der Waals surface area contributed by atoms with Crippen LogP contribution in [0.1, 0.15) is 35.1 Å². The van der Waals surface area contributed by atoms with Gasteiger partial charge in [0.15, 0.2) is 0 Å². The molecular formula is C22H26ClFN6O2. The van der Waals surface area contributed by atoms with E-state index in [1.807, 2.05) is 13.8 Å². The molecule has 2 heterocycles. The average Bonchev–Trinajstić information content (AvgIpc) is 3.21. The van der Waals surface area contributed by atoms with Gasteiger partial charge >= 0.3 is 6.09 Å². The van der Waals surface area contributed by atoms with E-state index < -0.39 is 24.4 Å². The van der Waals surface area contributed by atoms with Crippen LogP contribution in [0.25, 0.3) is 22.5 Å². The molecule has 2 aromatic heterocycles. The Labute approximate surface area is 194 Å². The second-order valence-electron chi connectivity index (χ2n) is 7.44. The molecule has 0 aliphatic heterocycles. The standard InChI is InChI=1S/C22H26ClFN6O2/c1-12(2)30-11-17(20(29-30)16-9-15(23)8-13(3)19(16)24)18-6-7-25-21(28-18)26-10-14(4)27-22(31)32-5/h6-9,11-12,14H,10H2,1-5H3,(H,27,31)(H,25,26,28)/i10D2. The van der Waals surface area contributed by atoms with Gasteiger partial charge in [0.25, 0.3) is 0 Å². The summed E-state index contributed by atoms with van der Waals surface area (Å²) in [4.78, 5) is 20.0. The lowest BCUT2D eigenvalue weighted by Gasteiger charge is -2.14. The summed E-state index contributed by atoms with van der Waals surface area (Å²) in [5.41, 5.74) is 1.91. The van der Waals surface area contributed by atoms with Gasteiger partial charge in [-0.2, -0.15) is 5.10 Å². The van der Waals surface area contributed by atoms with Crippen molar-refractivity contribution in [2.45, 2.75) is 39.8 Å². The largest absolute Gasteiger partial charge is 0.453 e. The van der Waals surface area contributed by atoms with E-state index in [0.29, 0.717) is 27.5 Å². The summed E-state index contributed by atoms with van der Waals surface area (Å²) in [5, 5.41) is 9.93. The summed E-state index contributed by atoms with van der Waals surface area (Å²) < 4.78 is 37.8. The molecular weight excluding hydrogens is 435 g/mol. The van der Waals surface area contributed by atoms with E-state index in [2.05, 4.69) is 30.4 Å². The molecule has 170 valence electrons. The summed E-state index contributed by atoms with van der Waals surface area (Å²) in [6.45, 7) is 4.88. The monoisotopic (exact) mass is 462 g/mol. The molecule has 0 aliphatic rings. The average molecular weight is 463 g/mol. The Morgan fingerprint density at radius 2 is 2.09 bits per heavy atom. The third-order valence-corrected chi connectivity index (χ3v) is 4.81. The third-order valence-electron chi connectivity index (χ3n) is 4.59. The fourth-order valence-corrected chi connectivity index (χ4v) is 3.23. The van der Waals surface area contributed by atoms with Crippen LogP contribution in [0.4, 0.5) is 15.1 Å². The van der Waals surface area contributed by atoms with Crippen molar-refractivity contribution in [2.75, 3.05) is 18.9 Å². The summed E-state index contributed by atoms with van der Waals surface area (Å²) in [7, 11) is 1.19. The van der Waals surface area contributed by atoms with Crippen molar-refractivity contribution in [3.8, 4) is 22.5 Å². The van der Waals surface area contributed by atoms with Gasteiger partial charge in [-0.15, -0.1) is 0 Å². The number of halogens is 2. The van der Waals surface area contributed by atoms with Crippen molar-refractivity contribution in [1.29, 1.82) is 0 Å². The number of amides is 1. The Hall–Kier alpha value is -3.20. The van der Waals surface area contributed by atoms with Crippen LogP contribution < -0.4 is 10.6 Å². The Bertz CT molecular complexity index is 1200. The van der Waals surface area contributed by atoms with Crippen molar-refractivity contribution < 1.29 is 16.7 Å². The maximum Gasteiger partial charge on any atom is 0.407 e. The van der Waals surface area contributed by atoms with Crippen LogP contribution >= 0.6 is 11.6 Å². The molecule has 32 heavy (non-hydrogen) atoms. The molecule has 1 amide bonds. The van der Waals surface area contributed by atoms with Gasteiger partial charge in [0.1, 0.15) is 11.5 Å². The summed E-state index contributed by atoms with van der Waals surface area (Å²) in [6.07, 6.45) is 2.44. The predicted molar refractivity (Wildman–Crippen MR) is 122 cm³/mol. The lowest BCUT2D eigenvalue weighted by atomic mass is 10.0. The van der Waals surface area contributed by atoms with Crippen molar-refractivity contribution >= 4 is 23.6 Å². The van der Waals surface area contributed by atoms with Crippen LogP contribution in [0.5, 0.6) is 0 Å². The first-order valence-electron chi connectivity index (χ1n) is 10.9. The number of carbonyl (C=O) groups excluding carboxylic acids is 1. The van der Waals surface area contributed by atoms with E-state index >= 15 is 4.39 Å². The zero-order chi connectivity index (χ0) is 25.2. The molecule has 8 nitrogen and oxygen atoms in total. The molecule has 1 unspecified atom stereocenters. The zero-order valence-electron chi connectivity index (χ0n) is 20.4. The van der Waals surface area contributed by atoms with Crippen LogP contribution in [0.3, 0.4) is 0 Å². The molecule has 0 bridgehead atoms. The predicted octanol–water partition coefficient (Wildman–Crippen LogP) is 4.85. The number of carbonyl (C=O) groups is 1. The highest BCUT2D eigenvalue weighted by molar-refractivity contribution is 6.31. The lowest BCUT2D eigenvalue weighted by Crippen LogP contribution is -2.37. The Morgan fingerprint density at radius 1 is 1.34 bits per heavy atom. The minimum atomic E-state index is -2.10. The fraction of sp³-hybridized carbons (Fsp3) is 0.364. The van der Waals surface area contributed by atoms with Gasteiger partial charge in [-0.1, -0.05) is 11.6 Å². The van der Waals surface area contributed by atoms with Crippen LogP contribution in [0.15, 0.2) is 30.6 Å². The molecule has 0 fully saturated rings. The number of hydrogen-bond acceptors (Lipinski definition) is 6. The van der Waals surface area contributed by atoms with E-state index in [-0.39, 0.29) is 17.6 Å². The SMILES string of the molecule is [2H]C([2H])(Nc1nccc(-c2cn(C(C)C)nc2-c2cc(Cl)cc(C)c2F)n1)C(C)NC(=O)OC. The molecule has 0 aliphatic carbocycles. The van der Waals surface area contributed by atoms with Crippen LogP contribution in [-0.2, 0) is 4.74 Å². The zero-order valence-corrected chi connectivity index (χ0v) is 19.2. The topological polar surface area (TPSA) is 94.0 Å². The summed E-state index contributed by atoms with van der Waals surface area (Å²) >= 11 is 6.20. The minimum absolute atomic E-state index is 0.00495. The lowest BCUT2D eigenvalue weighted by molar-refractivity contribution is 0.168. The number of nitrogens with one attached hydrogen (secondary N) is 2. The van der Waals surface area contributed by atoms with Gasteiger partial charge in [-0.3, -0.25) is 4.68 Å². The van der Waals surface area contributed by atoms with Gasteiger partial charge in [0.05, 0.1) is 15.5 Å². The number of nitrogens with zero attached hydrogens (tertiary/aromatic N) is 4. The summed E-state index contributed by atoms with van der Waals surface area (Å²) in [6, 6.07) is 3.71. The fourth-order valence-electron chi connectivity index (χ4n) is 2.95. The van der Waals surface area contributed by atoms with E-state index in [1.54, 1.807) is 23.9 Å². The molecule has 10 heteroatoms. The van der Waals surface area contributed by atoms with Crippen molar-refractivity contribution in [2.24, 2.45) is 0 Å². The highest BCUT2D eigenvalue weighted by atomic mass is 35.5. The second kappa shape index (κ2) is 9.95. The quantitative estimate of drug-likeness (QED) is 0.521. The third kappa shape index (κ3) is 5.34. The molecule has 1 atom stereocenters. The minimum Gasteiger partial charge on any atom is -0.453 e. The van der Waals surface area contributed by atoms with E-state index in [0.717, 1.165) is 0 Å². The van der Waals surface area contributed by atoms with Gasteiger partial charge in [-0.25, -0.2) is 19.2 Å². The number of anilines is 1. The Balaban J connectivity index is 2.03. The van der Waals surface area contributed by atoms with E-state index in [9.17, 15) is 4.79 Å². The maximum atomic E-state index is 15.1. The number of methoxy groups -OCH3 is 1. The number of aryl methyl sites for hydroxylation is 1. The molecule has 3 rings (SSSR count). The van der Waals surface area contributed by atoms with Crippen LogP contribution in [-0.4, -0.2) is 45.5 Å². The molecule has 0 saturated carbocycles. The molecule has 0 spiro atoms. The van der Waals surface area contributed by atoms with Gasteiger partial charge in [-0.05, 0) is 51.5 Å². The first kappa shape index (κ1) is 20.7.